The Kier molecular flexibility index (Phi) is 4.73. The Morgan fingerprint density at radius 1 is 1.35 bits per heavy atom. The SMILES string of the molecule is CCC1(CO)CCN(Cc2ccccc2[N+](=O)[O-])CC1. The number of rotatable bonds is 5. The van der Waals surface area contributed by atoms with Crippen LogP contribution in [-0.4, -0.2) is 34.6 Å². The topological polar surface area (TPSA) is 66.6 Å². The highest BCUT2D eigenvalue weighted by atomic mass is 16.6. The molecular weight excluding hydrogens is 256 g/mol. The third-order valence-electron chi connectivity index (χ3n) is 4.58. The van der Waals surface area contributed by atoms with Crippen molar-refractivity contribution in [3.63, 3.8) is 0 Å². The Labute approximate surface area is 119 Å². The predicted octanol–water partition coefficient (Wildman–Crippen LogP) is 2.58. The quantitative estimate of drug-likeness (QED) is 0.664. The summed E-state index contributed by atoms with van der Waals surface area (Å²) in [5.41, 5.74) is 1.02. The van der Waals surface area contributed by atoms with E-state index in [1.54, 1.807) is 12.1 Å². The molecule has 1 N–H and O–H groups in total. The zero-order chi connectivity index (χ0) is 14.6. The van der Waals surface area contributed by atoms with Crippen LogP contribution in [0.2, 0.25) is 0 Å². The number of aliphatic hydroxyl groups is 1. The summed E-state index contributed by atoms with van der Waals surface area (Å²) in [5, 5.41) is 20.5. The number of likely N-dealkylation sites (tertiary alicyclic amines) is 1. The Hall–Kier alpha value is -1.46. The molecule has 1 aliphatic heterocycles. The van der Waals surface area contributed by atoms with E-state index in [0.29, 0.717) is 6.54 Å². The molecule has 110 valence electrons. The number of aliphatic hydroxyl groups excluding tert-OH is 1. The summed E-state index contributed by atoms with van der Waals surface area (Å²) in [6, 6.07) is 6.93. The van der Waals surface area contributed by atoms with E-state index in [9.17, 15) is 15.2 Å². The molecule has 0 bridgehead atoms. The molecule has 1 fully saturated rings. The van der Waals surface area contributed by atoms with Gasteiger partial charge in [0.1, 0.15) is 0 Å². The molecule has 1 aromatic rings. The van der Waals surface area contributed by atoms with Crippen LogP contribution in [0.3, 0.4) is 0 Å². The van der Waals surface area contributed by atoms with E-state index in [0.717, 1.165) is 37.9 Å². The minimum Gasteiger partial charge on any atom is -0.396 e. The third-order valence-corrected chi connectivity index (χ3v) is 4.58. The molecule has 0 radical (unpaired) electrons. The first-order valence-corrected chi connectivity index (χ1v) is 7.16. The van der Waals surface area contributed by atoms with E-state index in [2.05, 4.69) is 11.8 Å². The van der Waals surface area contributed by atoms with Gasteiger partial charge in [0, 0.05) is 24.8 Å². The molecule has 1 saturated heterocycles. The maximum Gasteiger partial charge on any atom is 0.273 e. The van der Waals surface area contributed by atoms with Crippen LogP contribution >= 0.6 is 0 Å². The highest BCUT2D eigenvalue weighted by Gasteiger charge is 2.32. The molecule has 0 aliphatic carbocycles. The summed E-state index contributed by atoms with van der Waals surface area (Å²) in [4.78, 5) is 12.9. The van der Waals surface area contributed by atoms with Crippen LogP contribution in [0, 0.1) is 15.5 Å². The number of hydrogen-bond donors (Lipinski definition) is 1. The smallest absolute Gasteiger partial charge is 0.273 e. The molecule has 1 heterocycles. The minimum absolute atomic E-state index is 0.0547. The van der Waals surface area contributed by atoms with Crippen molar-refractivity contribution < 1.29 is 10.0 Å². The van der Waals surface area contributed by atoms with Crippen LogP contribution < -0.4 is 0 Å². The summed E-state index contributed by atoms with van der Waals surface area (Å²) in [5.74, 6) is 0. The predicted molar refractivity (Wildman–Crippen MR) is 77.4 cm³/mol. The first-order chi connectivity index (χ1) is 9.60. The molecule has 0 saturated carbocycles. The van der Waals surface area contributed by atoms with Gasteiger partial charge in [-0.3, -0.25) is 15.0 Å². The van der Waals surface area contributed by atoms with Crippen LogP contribution in [0.25, 0.3) is 0 Å². The van der Waals surface area contributed by atoms with Crippen molar-refractivity contribution >= 4 is 5.69 Å². The number of hydrogen-bond acceptors (Lipinski definition) is 4. The van der Waals surface area contributed by atoms with Crippen molar-refractivity contribution in [3.05, 3.63) is 39.9 Å². The Morgan fingerprint density at radius 2 is 2.00 bits per heavy atom. The fraction of sp³-hybridized carbons (Fsp3) is 0.600. The lowest BCUT2D eigenvalue weighted by atomic mass is 9.77. The van der Waals surface area contributed by atoms with Crippen molar-refractivity contribution in [3.8, 4) is 0 Å². The van der Waals surface area contributed by atoms with Gasteiger partial charge < -0.3 is 5.11 Å². The molecule has 0 atom stereocenters. The van der Waals surface area contributed by atoms with E-state index >= 15 is 0 Å². The van der Waals surface area contributed by atoms with Gasteiger partial charge in [0.15, 0.2) is 0 Å². The van der Waals surface area contributed by atoms with Gasteiger partial charge in [-0.25, -0.2) is 0 Å². The summed E-state index contributed by atoms with van der Waals surface area (Å²) in [6.07, 6.45) is 2.91. The fourth-order valence-electron chi connectivity index (χ4n) is 2.87. The van der Waals surface area contributed by atoms with Gasteiger partial charge in [-0.15, -0.1) is 0 Å². The zero-order valence-electron chi connectivity index (χ0n) is 11.9. The molecule has 1 aliphatic rings. The number of benzene rings is 1. The second-order valence-electron chi connectivity index (χ2n) is 5.67. The molecule has 0 spiro atoms. The van der Waals surface area contributed by atoms with E-state index in [4.69, 9.17) is 0 Å². The normalized spacial score (nSPS) is 18.9. The van der Waals surface area contributed by atoms with Gasteiger partial charge in [-0.2, -0.15) is 0 Å². The largest absolute Gasteiger partial charge is 0.396 e. The first-order valence-electron chi connectivity index (χ1n) is 7.16. The van der Waals surface area contributed by atoms with Crippen molar-refractivity contribution in [1.82, 2.24) is 4.90 Å². The second-order valence-corrected chi connectivity index (χ2v) is 5.67. The Balaban J connectivity index is 2.01. The van der Waals surface area contributed by atoms with Crippen molar-refractivity contribution in [2.24, 2.45) is 5.41 Å². The number of nitro groups is 1. The van der Waals surface area contributed by atoms with Crippen molar-refractivity contribution in [2.45, 2.75) is 32.7 Å². The van der Waals surface area contributed by atoms with E-state index in [1.165, 1.54) is 0 Å². The first kappa shape index (κ1) is 14.9. The minimum atomic E-state index is -0.316. The lowest BCUT2D eigenvalue weighted by Crippen LogP contribution is -2.41. The van der Waals surface area contributed by atoms with Gasteiger partial charge >= 0.3 is 0 Å². The van der Waals surface area contributed by atoms with Crippen LogP contribution in [0.1, 0.15) is 31.7 Å². The number of piperidine rings is 1. The summed E-state index contributed by atoms with van der Waals surface area (Å²) in [6.45, 7) is 4.75. The average Bonchev–Trinajstić information content (AvgIpc) is 2.49. The van der Waals surface area contributed by atoms with Crippen LogP contribution in [0.5, 0.6) is 0 Å². The lowest BCUT2D eigenvalue weighted by Gasteiger charge is -2.40. The maximum absolute atomic E-state index is 11.0. The highest BCUT2D eigenvalue weighted by molar-refractivity contribution is 5.39. The average molecular weight is 278 g/mol. The van der Waals surface area contributed by atoms with Gasteiger partial charge in [-0.05, 0) is 37.8 Å². The third kappa shape index (κ3) is 3.16. The highest BCUT2D eigenvalue weighted by Crippen LogP contribution is 2.35. The summed E-state index contributed by atoms with van der Waals surface area (Å²) in [7, 11) is 0. The number of para-hydroxylation sites is 1. The maximum atomic E-state index is 11.0. The second kappa shape index (κ2) is 6.33. The molecule has 2 rings (SSSR count). The molecule has 0 aromatic heterocycles. The molecule has 20 heavy (non-hydrogen) atoms. The van der Waals surface area contributed by atoms with Crippen LogP contribution in [-0.2, 0) is 6.54 Å². The number of nitro benzene ring substituents is 1. The van der Waals surface area contributed by atoms with Gasteiger partial charge in [0.05, 0.1) is 4.92 Å². The fourth-order valence-corrected chi connectivity index (χ4v) is 2.87. The summed E-state index contributed by atoms with van der Waals surface area (Å²) >= 11 is 0. The number of nitrogens with zero attached hydrogens (tertiary/aromatic N) is 2. The standard InChI is InChI=1S/C15H22N2O3/c1-2-15(12-18)7-9-16(10-8-15)11-13-5-3-4-6-14(13)17(19)20/h3-6,18H,2,7-12H2,1H3. The lowest BCUT2D eigenvalue weighted by molar-refractivity contribution is -0.385. The van der Waals surface area contributed by atoms with Gasteiger partial charge in [0.25, 0.3) is 5.69 Å². The van der Waals surface area contributed by atoms with Crippen molar-refractivity contribution in [1.29, 1.82) is 0 Å². The summed E-state index contributed by atoms with van der Waals surface area (Å²) < 4.78 is 0. The molecule has 5 heteroatoms. The van der Waals surface area contributed by atoms with Crippen LogP contribution in [0.15, 0.2) is 24.3 Å². The molecule has 1 aromatic carbocycles. The van der Waals surface area contributed by atoms with E-state index in [1.807, 2.05) is 12.1 Å². The van der Waals surface area contributed by atoms with Gasteiger partial charge in [0.2, 0.25) is 0 Å². The molecule has 5 nitrogen and oxygen atoms in total. The molecular formula is C15H22N2O3. The Bertz CT molecular complexity index is 462. The van der Waals surface area contributed by atoms with Crippen molar-refractivity contribution in [2.75, 3.05) is 19.7 Å². The van der Waals surface area contributed by atoms with E-state index < -0.39 is 0 Å². The van der Waals surface area contributed by atoms with E-state index in [-0.39, 0.29) is 22.6 Å². The van der Waals surface area contributed by atoms with Crippen LogP contribution in [0.4, 0.5) is 5.69 Å². The molecule has 0 amide bonds. The Morgan fingerprint density at radius 3 is 2.55 bits per heavy atom. The zero-order valence-corrected chi connectivity index (χ0v) is 11.9. The van der Waals surface area contributed by atoms with Gasteiger partial charge in [-0.1, -0.05) is 25.1 Å². The molecule has 0 unspecified atom stereocenters. The monoisotopic (exact) mass is 278 g/mol.